The zero-order chi connectivity index (χ0) is 17.2. The number of rotatable bonds is 4. The highest BCUT2D eigenvalue weighted by Gasteiger charge is 2.20. The SMILES string of the molecule is CC(C)c1ccc(S(=O)(=O)NC(=O)c2ccc(Cl)cc2Br)cc1. The summed E-state index contributed by atoms with van der Waals surface area (Å²) in [5, 5.41) is 0.445. The van der Waals surface area contributed by atoms with Crippen LogP contribution >= 0.6 is 27.5 Å². The Balaban J connectivity index is 2.25. The van der Waals surface area contributed by atoms with Crippen LogP contribution in [0.3, 0.4) is 0 Å². The second-order valence-corrected chi connectivity index (χ2v) is 8.26. The Bertz CT molecular complexity index is 833. The van der Waals surface area contributed by atoms with E-state index in [1.807, 2.05) is 13.8 Å². The van der Waals surface area contributed by atoms with Gasteiger partial charge in [0.1, 0.15) is 0 Å². The molecule has 0 saturated carbocycles. The molecule has 0 bridgehead atoms. The molecule has 0 aliphatic carbocycles. The van der Waals surface area contributed by atoms with Crippen LogP contribution in [0, 0.1) is 0 Å². The van der Waals surface area contributed by atoms with Crippen molar-refractivity contribution >= 4 is 43.5 Å². The number of nitrogens with one attached hydrogen (secondary N) is 1. The molecule has 4 nitrogen and oxygen atoms in total. The number of amides is 1. The van der Waals surface area contributed by atoms with Gasteiger partial charge in [0.2, 0.25) is 0 Å². The van der Waals surface area contributed by atoms with Crippen LogP contribution in [0.2, 0.25) is 5.02 Å². The van der Waals surface area contributed by atoms with Crippen molar-refractivity contribution in [2.24, 2.45) is 0 Å². The minimum Gasteiger partial charge on any atom is -0.268 e. The molecular formula is C16H15BrClNO3S. The average Bonchev–Trinajstić information content (AvgIpc) is 2.46. The van der Waals surface area contributed by atoms with Gasteiger partial charge < -0.3 is 0 Å². The molecule has 0 radical (unpaired) electrons. The lowest BCUT2D eigenvalue weighted by Gasteiger charge is -2.10. The number of hydrogen-bond acceptors (Lipinski definition) is 3. The summed E-state index contributed by atoms with van der Waals surface area (Å²) >= 11 is 9.01. The van der Waals surface area contributed by atoms with Crippen LogP contribution in [0.25, 0.3) is 0 Å². The fourth-order valence-electron chi connectivity index (χ4n) is 1.94. The minimum absolute atomic E-state index is 0.0420. The molecule has 1 amide bonds. The Hall–Kier alpha value is -1.37. The molecule has 2 aromatic rings. The second kappa shape index (κ2) is 7.03. The van der Waals surface area contributed by atoms with E-state index in [9.17, 15) is 13.2 Å². The van der Waals surface area contributed by atoms with E-state index in [1.54, 1.807) is 12.1 Å². The Morgan fingerprint density at radius 3 is 2.26 bits per heavy atom. The van der Waals surface area contributed by atoms with Crippen molar-refractivity contribution in [1.29, 1.82) is 0 Å². The Morgan fingerprint density at radius 2 is 1.74 bits per heavy atom. The molecular weight excluding hydrogens is 402 g/mol. The minimum atomic E-state index is -3.93. The zero-order valence-electron chi connectivity index (χ0n) is 12.5. The maximum atomic E-state index is 12.3. The van der Waals surface area contributed by atoms with Gasteiger partial charge in [-0.25, -0.2) is 13.1 Å². The molecule has 23 heavy (non-hydrogen) atoms. The largest absolute Gasteiger partial charge is 0.268 e. The van der Waals surface area contributed by atoms with Gasteiger partial charge in [-0.1, -0.05) is 37.6 Å². The van der Waals surface area contributed by atoms with Crippen LogP contribution in [0.4, 0.5) is 0 Å². The molecule has 0 aromatic heterocycles. The van der Waals surface area contributed by atoms with Crippen molar-refractivity contribution in [3.05, 3.63) is 63.1 Å². The molecule has 0 spiro atoms. The van der Waals surface area contributed by atoms with Crippen molar-refractivity contribution in [3.8, 4) is 0 Å². The quantitative estimate of drug-likeness (QED) is 0.806. The Labute approximate surface area is 149 Å². The molecule has 0 aliphatic rings. The first-order valence-corrected chi connectivity index (χ1v) is 9.48. The predicted octanol–water partition coefficient (Wildman–Crippen LogP) is 4.34. The Kier molecular flexibility index (Phi) is 5.49. The topological polar surface area (TPSA) is 63.2 Å². The van der Waals surface area contributed by atoms with E-state index in [4.69, 9.17) is 11.6 Å². The van der Waals surface area contributed by atoms with Gasteiger partial charge in [0, 0.05) is 9.50 Å². The molecule has 0 aliphatic heterocycles. The first-order chi connectivity index (χ1) is 10.7. The lowest BCUT2D eigenvalue weighted by atomic mass is 10.0. The Morgan fingerprint density at radius 1 is 1.13 bits per heavy atom. The first kappa shape index (κ1) is 18.0. The van der Waals surface area contributed by atoms with Crippen LogP contribution in [0.1, 0.15) is 35.7 Å². The van der Waals surface area contributed by atoms with E-state index in [0.717, 1.165) is 5.56 Å². The van der Waals surface area contributed by atoms with Gasteiger partial charge in [-0.3, -0.25) is 4.79 Å². The molecule has 0 fully saturated rings. The maximum Gasteiger partial charge on any atom is 0.266 e. The van der Waals surface area contributed by atoms with Crippen LogP contribution in [0.15, 0.2) is 51.8 Å². The van der Waals surface area contributed by atoms with Crippen molar-refractivity contribution in [3.63, 3.8) is 0 Å². The molecule has 0 atom stereocenters. The summed E-state index contributed by atoms with van der Waals surface area (Å²) in [5.41, 5.74) is 1.22. The number of benzene rings is 2. The number of carbonyl (C=O) groups is 1. The van der Waals surface area contributed by atoms with Crippen molar-refractivity contribution in [1.82, 2.24) is 4.72 Å². The smallest absolute Gasteiger partial charge is 0.266 e. The highest BCUT2D eigenvalue weighted by molar-refractivity contribution is 9.10. The monoisotopic (exact) mass is 415 g/mol. The van der Waals surface area contributed by atoms with E-state index in [0.29, 0.717) is 15.4 Å². The van der Waals surface area contributed by atoms with E-state index in [-0.39, 0.29) is 10.5 Å². The standard InChI is InChI=1S/C16H15BrClNO3S/c1-10(2)11-3-6-13(7-4-11)23(21,22)19-16(20)14-8-5-12(18)9-15(14)17/h3-10H,1-2H3,(H,19,20). The molecule has 2 rings (SSSR count). The van der Waals surface area contributed by atoms with Gasteiger partial charge in [0.05, 0.1) is 10.5 Å². The van der Waals surface area contributed by atoms with Crippen molar-refractivity contribution in [2.75, 3.05) is 0 Å². The summed E-state index contributed by atoms with van der Waals surface area (Å²) in [6, 6.07) is 11.0. The van der Waals surface area contributed by atoms with E-state index in [1.165, 1.54) is 30.3 Å². The van der Waals surface area contributed by atoms with Crippen LogP contribution in [0.5, 0.6) is 0 Å². The fraction of sp³-hybridized carbons (Fsp3) is 0.188. The number of halogens is 2. The van der Waals surface area contributed by atoms with Gasteiger partial charge in [0.25, 0.3) is 15.9 Å². The zero-order valence-corrected chi connectivity index (χ0v) is 15.7. The highest BCUT2D eigenvalue weighted by atomic mass is 79.9. The van der Waals surface area contributed by atoms with Gasteiger partial charge in [-0.2, -0.15) is 0 Å². The van der Waals surface area contributed by atoms with Gasteiger partial charge >= 0.3 is 0 Å². The summed E-state index contributed by atoms with van der Waals surface area (Å²) in [6.07, 6.45) is 0. The van der Waals surface area contributed by atoms with Gasteiger partial charge in [-0.15, -0.1) is 0 Å². The van der Waals surface area contributed by atoms with Crippen molar-refractivity contribution in [2.45, 2.75) is 24.7 Å². The third-order valence-electron chi connectivity index (χ3n) is 3.26. The molecule has 7 heteroatoms. The highest BCUT2D eigenvalue weighted by Crippen LogP contribution is 2.22. The molecule has 2 aromatic carbocycles. The lowest BCUT2D eigenvalue weighted by molar-refractivity contribution is 0.0980. The third-order valence-corrected chi connectivity index (χ3v) is 5.50. The molecule has 122 valence electrons. The van der Waals surface area contributed by atoms with Gasteiger partial charge in [-0.05, 0) is 57.7 Å². The van der Waals surface area contributed by atoms with E-state index < -0.39 is 15.9 Å². The molecule has 0 unspecified atom stereocenters. The predicted molar refractivity (Wildman–Crippen MR) is 94.3 cm³/mol. The van der Waals surface area contributed by atoms with Crippen LogP contribution in [-0.4, -0.2) is 14.3 Å². The first-order valence-electron chi connectivity index (χ1n) is 6.83. The summed E-state index contributed by atoms with van der Waals surface area (Å²) in [7, 11) is -3.93. The van der Waals surface area contributed by atoms with E-state index >= 15 is 0 Å². The third kappa shape index (κ3) is 4.34. The van der Waals surface area contributed by atoms with Crippen molar-refractivity contribution < 1.29 is 13.2 Å². The summed E-state index contributed by atoms with van der Waals surface area (Å²) in [5.74, 6) is -0.423. The molecule has 1 N–H and O–H groups in total. The maximum absolute atomic E-state index is 12.3. The molecule has 0 saturated heterocycles. The number of sulfonamides is 1. The summed E-state index contributed by atoms with van der Waals surface area (Å²) in [4.78, 5) is 12.2. The van der Waals surface area contributed by atoms with Gasteiger partial charge in [0.15, 0.2) is 0 Å². The fourth-order valence-corrected chi connectivity index (χ4v) is 3.77. The number of hydrogen-bond donors (Lipinski definition) is 1. The number of carbonyl (C=O) groups excluding carboxylic acids is 1. The van der Waals surface area contributed by atoms with Crippen LogP contribution in [-0.2, 0) is 10.0 Å². The second-order valence-electron chi connectivity index (χ2n) is 5.28. The summed E-state index contributed by atoms with van der Waals surface area (Å²) < 4.78 is 27.1. The van der Waals surface area contributed by atoms with Crippen LogP contribution < -0.4 is 4.72 Å². The van der Waals surface area contributed by atoms with E-state index in [2.05, 4.69) is 20.7 Å². The lowest BCUT2D eigenvalue weighted by Crippen LogP contribution is -2.30. The molecule has 0 heterocycles. The normalized spacial score (nSPS) is 11.5. The average molecular weight is 417 g/mol. The summed E-state index contributed by atoms with van der Waals surface area (Å²) in [6.45, 7) is 4.03.